The molecule has 108 valence electrons. The lowest BCUT2D eigenvalue weighted by Gasteiger charge is -2.07. The van der Waals surface area contributed by atoms with E-state index in [1.807, 2.05) is 0 Å². The molecule has 0 saturated heterocycles. The van der Waals surface area contributed by atoms with Crippen LogP contribution in [0.1, 0.15) is 0 Å². The fourth-order valence-electron chi connectivity index (χ4n) is 1.47. The van der Waals surface area contributed by atoms with Crippen molar-refractivity contribution in [2.75, 3.05) is 12.8 Å². The van der Waals surface area contributed by atoms with Crippen LogP contribution in [0.15, 0.2) is 37.9 Å². The average molecular weight is 315 g/mol. The van der Waals surface area contributed by atoms with Crippen LogP contribution >= 0.6 is 11.8 Å². The number of sulfonamides is 1. The van der Waals surface area contributed by atoms with E-state index in [0.717, 1.165) is 0 Å². The molecule has 0 spiro atoms. The maximum Gasteiger partial charge on any atom is 0.343 e. The molecular formula is C10H13N5O3S2. The molecule has 0 saturated carbocycles. The molecule has 0 aliphatic carbocycles. The highest BCUT2D eigenvalue weighted by Gasteiger charge is 2.16. The van der Waals surface area contributed by atoms with Gasteiger partial charge in [-0.3, -0.25) is 4.57 Å². The monoisotopic (exact) mass is 315 g/mol. The predicted octanol–water partition coefficient (Wildman–Crippen LogP) is -0.250. The van der Waals surface area contributed by atoms with Crippen molar-refractivity contribution in [1.82, 2.24) is 19.5 Å². The molecule has 0 radical (unpaired) electrons. The summed E-state index contributed by atoms with van der Waals surface area (Å²) >= 11 is 1.20. The second-order valence-corrected chi connectivity index (χ2v) is 6.78. The van der Waals surface area contributed by atoms with Crippen LogP contribution in [0, 0.1) is 0 Å². The van der Waals surface area contributed by atoms with Crippen molar-refractivity contribution in [3.05, 3.63) is 28.7 Å². The third-order valence-electron chi connectivity index (χ3n) is 2.59. The summed E-state index contributed by atoms with van der Waals surface area (Å²) in [4.78, 5) is 11.9. The first-order chi connectivity index (χ1) is 9.35. The number of nitrogen functional groups attached to an aromatic ring is 1. The summed E-state index contributed by atoms with van der Waals surface area (Å²) in [6.07, 6.45) is 0. The van der Waals surface area contributed by atoms with Crippen LogP contribution in [-0.2, 0) is 17.1 Å². The van der Waals surface area contributed by atoms with Gasteiger partial charge >= 0.3 is 5.69 Å². The van der Waals surface area contributed by atoms with Crippen LogP contribution in [-0.4, -0.2) is 30.2 Å². The highest BCUT2D eigenvalue weighted by molar-refractivity contribution is 7.99. The van der Waals surface area contributed by atoms with Crippen molar-refractivity contribution in [3.63, 3.8) is 0 Å². The Morgan fingerprint density at radius 3 is 2.65 bits per heavy atom. The van der Waals surface area contributed by atoms with Crippen molar-refractivity contribution in [2.24, 2.45) is 7.05 Å². The van der Waals surface area contributed by atoms with Crippen LogP contribution in [0.5, 0.6) is 0 Å². The van der Waals surface area contributed by atoms with Gasteiger partial charge in [0.2, 0.25) is 10.0 Å². The number of anilines is 1. The first-order valence-corrected chi connectivity index (χ1v) is 7.77. The van der Waals surface area contributed by atoms with Crippen molar-refractivity contribution in [1.29, 1.82) is 0 Å². The summed E-state index contributed by atoms with van der Waals surface area (Å²) in [5, 5.41) is 6.62. The highest BCUT2D eigenvalue weighted by atomic mass is 32.2. The van der Waals surface area contributed by atoms with Gasteiger partial charge in [-0.2, -0.15) is 0 Å². The number of nitrogens with two attached hydrogens (primary N) is 1. The number of nitrogens with zero attached hydrogens (tertiary/aromatic N) is 2. The van der Waals surface area contributed by atoms with E-state index in [1.165, 1.54) is 35.5 Å². The summed E-state index contributed by atoms with van der Waals surface area (Å²) in [6.45, 7) is 0. The summed E-state index contributed by atoms with van der Waals surface area (Å²) in [6, 6.07) is 4.53. The number of aromatic nitrogens is 3. The standard InChI is InChI=1S/C10H13N5O3S2/c1-12-20(17,18)8-4-3-6(5-7(8)11)19-10-14-13-9(16)15(10)2/h3-5,12H,11H2,1-2H3,(H,13,16). The minimum atomic E-state index is -3.58. The molecule has 0 amide bonds. The summed E-state index contributed by atoms with van der Waals surface area (Å²) in [7, 11) is -0.687. The van der Waals surface area contributed by atoms with E-state index in [4.69, 9.17) is 5.73 Å². The van der Waals surface area contributed by atoms with Crippen LogP contribution in [0.4, 0.5) is 5.69 Å². The van der Waals surface area contributed by atoms with E-state index in [1.54, 1.807) is 13.1 Å². The Hall–Kier alpha value is -1.78. The number of hydrogen-bond donors (Lipinski definition) is 3. The summed E-state index contributed by atoms with van der Waals surface area (Å²) in [5.41, 5.74) is 5.56. The number of hydrogen-bond acceptors (Lipinski definition) is 6. The predicted molar refractivity (Wildman–Crippen MR) is 75.1 cm³/mol. The molecule has 1 aromatic carbocycles. The molecule has 0 fully saturated rings. The minimum Gasteiger partial charge on any atom is -0.398 e. The Morgan fingerprint density at radius 2 is 2.15 bits per heavy atom. The normalized spacial score (nSPS) is 11.7. The van der Waals surface area contributed by atoms with Gasteiger partial charge in [-0.05, 0) is 37.0 Å². The fraction of sp³-hybridized carbons (Fsp3) is 0.200. The van der Waals surface area contributed by atoms with Crippen LogP contribution < -0.4 is 16.1 Å². The lowest BCUT2D eigenvalue weighted by atomic mass is 10.3. The Bertz CT molecular complexity index is 793. The molecule has 0 aliphatic rings. The van der Waals surface area contributed by atoms with Gasteiger partial charge in [-0.15, -0.1) is 5.10 Å². The maximum atomic E-state index is 11.7. The maximum absolute atomic E-state index is 11.7. The largest absolute Gasteiger partial charge is 0.398 e. The van der Waals surface area contributed by atoms with Gasteiger partial charge in [0, 0.05) is 11.9 Å². The SMILES string of the molecule is CNS(=O)(=O)c1ccc(Sc2n[nH]c(=O)n2C)cc1N. The molecule has 8 nitrogen and oxygen atoms in total. The first kappa shape index (κ1) is 14.6. The van der Waals surface area contributed by atoms with E-state index in [0.29, 0.717) is 10.1 Å². The van der Waals surface area contributed by atoms with Gasteiger partial charge in [0.05, 0.1) is 5.69 Å². The topological polar surface area (TPSA) is 123 Å². The number of aromatic amines is 1. The minimum absolute atomic E-state index is 0.0141. The lowest BCUT2D eigenvalue weighted by Crippen LogP contribution is -2.19. The van der Waals surface area contributed by atoms with Crippen molar-refractivity contribution >= 4 is 27.5 Å². The molecule has 1 heterocycles. The van der Waals surface area contributed by atoms with E-state index >= 15 is 0 Å². The number of benzene rings is 1. The molecule has 1 aromatic heterocycles. The van der Waals surface area contributed by atoms with E-state index in [9.17, 15) is 13.2 Å². The molecule has 0 unspecified atom stereocenters. The van der Waals surface area contributed by atoms with E-state index in [-0.39, 0.29) is 16.3 Å². The molecule has 4 N–H and O–H groups in total. The Morgan fingerprint density at radius 1 is 1.45 bits per heavy atom. The molecular weight excluding hydrogens is 302 g/mol. The van der Waals surface area contributed by atoms with E-state index in [2.05, 4.69) is 14.9 Å². The third kappa shape index (κ3) is 2.71. The zero-order valence-electron chi connectivity index (χ0n) is 10.7. The third-order valence-corrected chi connectivity index (χ3v) is 5.11. The van der Waals surface area contributed by atoms with Gasteiger partial charge < -0.3 is 5.73 Å². The summed E-state index contributed by atoms with van der Waals surface area (Å²) in [5.74, 6) is 0. The summed E-state index contributed by atoms with van der Waals surface area (Å²) < 4.78 is 26.9. The van der Waals surface area contributed by atoms with Gasteiger partial charge in [0.15, 0.2) is 5.16 Å². The fourth-order valence-corrected chi connectivity index (χ4v) is 3.15. The Balaban J connectivity index is 2.35. The second kappa shape index (κ2) is 5.31. The van der Waals surface area contributed by atoms with Crippen LogP contribution in [0.25, 0.3) is 0 Å². The quantitative estimate of drug-likeness (QED) is 0.669. The lowest BCUT2D eigenvalue weighted by molar-refractivity contribution is 0.588. The van der Waals surface area contributed by atoms with Crippen LogP contribution in [0.2, 0.25) is 0 Å². The number of H-pyrrole nitrogens is 1. The molecule has 2 rings (SSSR count). The second-order valence-electron chi connectivity index (χ2n) is 3.88. The van der Waals surface area contributed by atoms with Gasteiger partial charge in [-0.1, -0.05) is 0 Å². The molecule has 0 aliphatic heterocycles. The molecule has 0 bridgehead atoms. The molecule has 10 heteroatoms. The Labute approximate surface area is 119 Å². The van der Waals surface area contributed by atoms with E-state index < -0.39 is 10.0 Å². The van der Waals surface area contributed by atoms with Gasteiger partial charge in [0.25, 0.3) is 0 Å². The molecule has 20 heavy (non-hydrogen) atoms. The first-order valence-electron chi connectivity index (χ1n) is 5.47. The average Bonchev–Trinajstić information content (AvgIpc) is 2.70. The molecule has 2 aromatic rings. The number of rotatable bonds is 4. The van der Waals surface area contributed by atoms with Crippen molar-refractivity contribution < 1.29 is 8.42 Å². The van der Waals surface area contributed by atoms with Gasteiger partial charge in [-0.25, -0.2) is 23.0 Å². The Kier molecular flexibility index (Phi) is 3.88. The van der Waals surface area contributed by atoms with Crippen molar-refractivity contribution in [3.8, 4) is 0 Å². The number of nitrogens with one attached hydrogen (secondary N) is 2. The zero-order valence-corrected chi connectivity index (χ0v) is 12.4. The highest BCUT2D eigenvalue weighted by Crippen LogP contribution is 2.29. The smallest absolute Gasteiger partial charge is 0.343 e. The van der Waals surface area contributed by atoms with Gasteiger partial charge in [0.1, 0.15) is 4.90 Å². The van der Waals surface area contributed by atoms with Crippen molar-refractivity contribution in [2.45, 2.75) is 14.9 Å². The molecule has 0 atom stereocenters. The zero-order chi connectivity index (χ0) is 14.9. The van der Waals surface area contributed by atoms with Crippen LogP contribution in [0.3, 0.4) is 0 Å².